The second-order valence-electron chi connectivity index (χ2n) is 5.28. The molecule has 5 atom stereocenters. The number of ether oxygens (including phenoxy) is 6. The van der Waals surface area contributed by atoms with Gasteiger partial charge in [-0.15, -0.1) is 0 Å². The van der Waals surface area contributed by atoms with Gasteiger partial charge in [-0.25, -0.2) is 4.79 Å². The van der Waals surface area contributed by atoms with E-state index in [9.17, 15) is 24.0 Å². The van der Waals surface area contributed by atoms with Crippen molar-refractivity contribution in [2.45, 2.75) is 58.4 Å². The highest BCUT2D eigenvalue weighted by Crippen LogP contribution is 2.30. The average molecular weight is 376 g/mol. The van der Waals surface area contributed by atoms with Crippen molar-refractivity contribution in [3.63, 3.8) is 0 Å². The molecule has 26 heavy (non-hydrogen) atoms. The highest BCUT2D eigenvalue weighted by atomic mass is 16.7. The molecule has 0 aromatic carbocycles. The van der Waals surface area contributed by atoms with E-state index < -0.39 is 60.6 Å². The maximum Gasteiger partial charge on any atom is 0.339 e. The minimum atomic E-state index is -1.60. The fourth-order valence-corrected chi connectivity index (χ4v) is 2.34. The number of esters is 5. The molecule has 0 amide bonds. The monoisotopic (exact) mass is 376 g/mol. The van der Waals surface area contributed by atoms with Crippen molar-refractivity contribution in [2.75, 3.05) is 7.11 Å². The van der Waals surface area contributed by atoms with Crippen molar-refractivity contribution in [3.8, 4) is 0 Å². The second-order valence-corrected chi connectivity index (χ2v) is 5.28. The van der Waals surface area contributed by atoms with E-state index in [4.69, 9.17) is 23.7 Å². The van der Waals surface area contributed by atoms with Gasteiger partial charge in [0.25, 0.3) is 0 Å². The number of carbonyl (C=O) groups excluding carboxylic acids is 5. The molecule has 1 rings (SSSR count). The highest BCUT2D eigenvalue weighted by molar-refractivity contribution is 5.77. The van der Waals surface area contributed by atoms with Crippen molar-refractivity contribution in [1.82, 2.24) is 0 Å². The lowest BCUT2D eigenvalue weighted by Crippen LogP contribution is -2.64. The van der Waals surface area contributed by atoms with Crippen LogP contribution in [0.15, 0.2) is 0 Å². The summed E-state index contributed by atoms with van der Waals surface area (Å²) >= 11 is 0. The molecule has 1 aliphatic rings. The molecule has 11 heteroatoms. The zero-order chi connectivity index (χ0) is 20.0. The van der Waals surface area contributed by atoms with Gasteiger partial charge in [-0.05, 0) is 0 Å². The minimum absolute atomic E-state index is 0.814. The van der Waals surface area contributed by atoms with Gasteiger partial charge in [0, 0.05) is 27.7 Å². The van der Waals surface area contributed by atoms with Gasteiger partial charge in [-0.3, -0.25) is 19.2 Å². The van der Waals surface area contributed by atoms with E-state index in [2.05, 4.69) is 4.74 Å². The van der Waals surface area contributed by atoms with Crippen LogP contribution >= 0.6 is 0 Å². The molecule has 0 aliphatic carbocycles. The summed E-state index contributed by atoms with van der Waals surface area (Å²) in [5.74, 6) is -4.25. The van der Waals surface area contributed by atoms with Crippen LogP contribution in [0, 0.1) is 0 Å². The van der Waals surface area contributed by atoms with Gasteiger partial charge in [-0.1, -0.05) is 0 Å². The second kappa shape index (κ2) is 9.13. The van der Waals surface area contributed by atoms with E-state index in [1.54, 1.807) is 0 Å². The molecule has 0 radical (unpaired) electrons. The lowest BCUT2D eigenvalue weighted by atomic mass is 9.97. The van der Waals surface area contributed by atoms with E-state index in [1.807, 2.05) is 0 Å². The van der Waals surface area contributed by atoms with Gasteiger partial charge in [0.15, 0.2) is 18.3 Å². The van der Waals surface area contributed by atoms with Gasteiger partial charge in [0.05, 0.1) is 7.11 Å². The molecule has 0 aromatic heterocycles. The topological polar surface area (TPSA) is 141 Å². The van der Waals surface area contributed by atoms with Crippen molar-refractivity contribution in [2.24, 2.45) is 0 Å². The van der Waals surface area contributed by atoms with E-state index in [-0.39, 0.29) is 0 Å². The lowest BCUT2D eigenvalue weighted by Gasteiger charge is -2.42. The first-order chi connectivity index (χ1) is 12.1. The molecule has 11 nitrogen and oxygen atoms in total. The van der Waals surface area contributed by atoms with Gasteiger partial charge in [0.2, 0.25) is 12.4 Å². The van der Waals surface area contributed by atoms with Crippen molar-refractivity contribution < 1.29 is 52.4 Å². The number of hydrogen-bond donors (Lipinski definition) is 0. The third kappa shape index (κ3) is 5.69. The van der Waals surface area contributed by atoms with E-state index in [1.165, 1.54) is 0 Å². The summed E-state index contributed by atoms with van der Waals surface area (Å²) < 4.78 is 30.0. The Labute approximate surface area is 148 Å². The summed E-state index contributed by atoms with van der Waals surface area (Å²) in [6.07, 6.45) is -7.66. The number of rotatable bonds is 5. The van der Waals surface area contributed by atoms with Crippen LogP contribution in [0.2, 0.25) is 0 Å². The van der Waals surface area contributed by atoms with Crippen LogP contribution in [0.4, 0.5) is 0 Å². The molecule has 0 saturated carbocycles. The van der Waals surface area contributed by atoms with Crippen molar-refractivity contribution >= 4 is 29.8 Å². The number of methoxy groups -OCH3 is 1. The van der Waals surface area contributed by atoms with Crippen LogP contribution in [-0.4, -0.2) is 67.7 Å². The van der Waals surface area contributed by atoms with Crippen molar-refractivity contribution in [1.29, 1.82) is 0 Å². The van der Waals surface area contributed by atoms with Crippen LogP contribution < -0.4 is 0 Å². The molecule has 1 fully saturated rings. The summed E-state index contributed by atoms with van der Waals surface area (Å²) in [5, 5.41) is 0. The third-order valence-corrected chi connectivity index (χ3v) is 3.12. The Morgan fingerprint density at radius 3 is 1.50 bits per heavy atom. The zero-order valence-electron chi connectivity index (χ0n) is 14.9. The first-order valence-corrected chi connectivity index (χ1v) is 7.49. The molecular weight excluding hydrogens is 356 g/mol. The maximum atomic E-state index is 12.0. The van der Waals surface area contributed by atoms with Gasteiger partial charge in [-0.2, -0.15) is 0 Å². The van der Waals surface area contributed by atoms with Gasteiger partial charge < -0.3 is 28.4 Å². The smallest absolute Gasteiger partial charge is 0.339 e. The highest BCUT2D eigenvalue weighted by Gasteiger charge is 2.56. The summed E-state index contributed by atoms with van der Waals surface area (Å²) in [7, 11) is 1.05. The van der Waals surface area contributed by atoms with Crippen LogP contribution in [0.3, 0.4) is 0 Å². The Hall–Kier alpha value is -2.69. The average Bonchev–Trinajstić information content (AvgIpc) is 2.50. The van der Waals surface area contributed by atoms with Crippen LogP contribution in [0.1, 0.15) is 27.7 Å². The molecule has 1 aliphatic heterocycles. The molecule has 0 aromatic rings. The summed E-state index contributed by atoms with van der Waals surface area (Å²) in [4.78, 5) is 57.7. The van der Waals surface area contributed by atoms with Gasteiger partial charge in [0.1, 0.15) is 0 Å². The van der Waals surface area contributed by atoms with E-state index >= 15 is 0 Å². The third-order valence-electron chi connectivity index (χ3n) is 3.12. The fourth-order valence-electron chi connectivity index (χ4n) is 2.34. The Bertz CT molecular complexity index is 584. The van der Waals surface area contributed by atoms with Crippen LogP contribution in [0.5, 0.6) is 0 Å². The van der Waals surface area contributed by atoms with E-state index in [0.29, 0.717) is 0 Å². The van der Waals surface area contributed by atoms with Crippen LogP contribution in [-0.2, 0) is 52.4 Å². The van der Waals surface area contributed by atoms with E-state index in [0.717, 1.165) is 34.8 Å². The molecule has 0 bridgehead atoms. The Kier molecular flexibility index (Phi) is 7.50. The fraction of sp³-hybridized carbons (Fsp3) is 0.667. The number of hydrogen-bond acceptors (Lipinski definition) is 11. The molecule has 146 valence electrons. The van der Waals surface area contributed by atoms with Crippen LogP contribution in [0.25, 0.3) is 0 Å². The Morgan fingerprint density at radius 1 is 0.654 bits per heavy atom. The summed E-state index contributed by atoms with van der Waals surface area (Å²) in [6.45, 7) is 4.22. The predicted molar refractivity (Wildman–Crippen MR) is 79.1 cm³/mol. The minimum Gasteiger partial charge on any atom is -0.467 e. The standard InChI is InChI=1S/C15H20O11/c1-6(16)22-10-11(23-7(2)17)13(24-8(3)18)15(25-9(4)19)26-12(10)14(20)21-5/h10-13,15H,1-5H3/t10-,11?,12?,13?,15-/m1/s1. The quantitative estimate of drug-likeness (QED) is 0.441. The zero-order valence-corrected chi connectivity index (χ0v) is 14.9. The molecule has 1 heterocycles. The van der Waals surface area contributed by atoms with Crippen molar-refractivity contribution in [3.05, 3.63) is 0 Å². The molecule has 1 saturated heterocycles. The SMILES string of the molecule is COC(=O)C1O[C@@H](OC(C)=O)C(OC(C)=O)C(OC(C)=O)[C@H]1OC(C)=O. The largest absolute Gasteiger partial charge is 0.467 e. The van der Waals surface area contributed by atoms with Gasteiger partial charge >= 0.3 is 29.8 Å². The Balaban J connectivity index is 3.37. The Morgan fingerprint density at radius 2 is 1.08 bits per heavy atom. The lowest BCUT2D eigenvalue weighted by molar-refractivity contribution is -0.294. The first-order valence-electron chi connectivity index (χ1n) is 7.49. The normalized spacial score (nSPS) is 27.7. The predicted octanol–water partition coefficient (Wildman–Crippen LogP) is -0.757. The molecular formula is C15H20O11. The number of carbonyl (C=O) groups is 5. The summed E-state index contributed by atoms with van der Waals surface area (Å²) in [6, 6.07) is 0. The molecule has 0 N–H and O–H groups in total. The molecule has 0 spiro atoms. The summed E-state index contributed by atoms with van der Waals surface area (Å²) in [5.41, 5.74) is 0. The molecule has 3 unspecified atom stereocenters. The maximum absolute atomic E-state index is 12.0. The first kappa shape index (κ1) is 21.4.